The zero-order valence-corrected chi connectivity index (χ0v) is 11.7. The van der Waals surface area contributed by atoms with E-state index in [0.717, 1.165) is 18.7 Å². The number of benzene rings is 1. The first-order chi connectivity index (χ1) is 8.79. The second kappa shape index (κ2) is 6.57. The van der Waals surface area contributed by atoms with Gasteiger partial charge in [-0.1, -0.05) is 13.3 Å². The van der Waals surface area contributed by atoms with Crippen LogP contribution in [0.5, 0.6) is 5.75 Å². The Morgan fingerprint density at radius 2 is 1.89 bits per heavy atom. The quantitative estimate of drug-likeness (QED) is 0.614. The molecule has 18 heavy (non-hydrogen) atoms. The van der Waals surface area contributed by atoms with Gasteiger partial charge in [0.2, 0.25) is 0 Å². The second-order valence-corrected chi connectivity index (χ2v) is 5.57. The normalized spacial score (nSPS) is 10.6. The third-order valence-corrected chi connectivity index (χ3v) is 3.75. The molecule has 0 aliphatic heterocycles. The van der Waals surface area contributed by atoms with Crippen LogP contribution in [0.2, 0.25) is 0 Å². The lowest BCUT2D eigenvalue weighted by molar-refractivity contribution is 0.194. The summed E-state index contributed by atoms with van der Waals surface area (Å²) in [4.78, 5) is 8.10. The molecule has 1 aromatic heterocycles. The molecule has 0 fully saturated rings. The average Bonchev–Trinajstić information content (AvgIpc) is 2.82. The van der Waals surface area contributed by atoms with Gasteiger partial charge in [0.15, 0.2) is 0 Å². The molecule has 0 spiro atoms. The largest absolute Gasteiger partial charge is 0.409 e. The third-order valence-electron chi connectivity index (χ3n) is 2.70. The highest BCUT2D eigenvalue weighted by Gasteiger charge is 2.01. The zero-order valence-electron chi connectivity index (χ0n) is 10.9. The second-order valence-electron chi connectivity index (χ2n) is 4.28. The van der Waals surface area contributed by atoms with Crippen molar-refractivity contribution in [3.63, 3.8) is 0 Å². The Morgan fingerprint density at radius 1 is 1.11 bits per heavy atom. The van der Waals surface area contributed by atoms with E-state index in [0.29, 0.717) is 0 Å². The van der Waals surface area contributed by atoms with Crippen LogP contribution in [0.15, 0.2) is 36.4 Å². The Hall–Kier alpha value is -1.32. The van der Waals surface area contributed by atoms with E-state index in [4.69, 9.17) is 4.84 Å². The van der Waals surface area contributed by atoms with Crippen LogP contribution >= 0.6 is 11.3 Å². The summed E-state index contributed by atoms with van der Waals surface area (Å²) in [6, 6.07) is 12.5. The van der Waals surface area contributed by atoms with Crippen LogP contribution in [-0.2, 0) is 0 Å². The van der Waals surface area contributed by atoms with Crippen molar-refractivity contribution >= 4 is 11.3 Å². The van der Waals surface area contributed by atoms with Crippen LogP contribution in [0, 0.1) is 6.92 Å². The van der Waals surface area contributed by atoms with E-state index in [-0.39, 0.29) is 0 Å². The molecule has 0 unspecified atom stereocenters. The summed E-state index contributed by atoms with van der Waals surface area (Å²) in [5.41, 5.74) is 4.21. The topological polar surface area (TPSA) is 21.3 Å². The Bertz CT molecular complexity index is 475. The van der Waals surface area contributed by atoms with Gasteiger partial charge in [0.05, 0.1) is 0 Å². The van der Waals surface area contributed by atoms with Gasteiger partial charge in [-0.15, -0.1) is 11.3 Å². The van der Waals surface area contributed by atoms with Gasteiger partial charge in [-0.25, -0.2) is 0 Å². The number of rotatable bonds is 6. The van der Waals surface area contributed by atoms with Gasteiger partial charge in [-0.05, 0) is 55.3 Å². The number of thiophene rings is 1. The Labute approximate surface area is 113 Å². The molecular formula is C15H19NOS. The van der Waals surface area contributed by atoms with E-state index >= 15 is 0 Å². The first-order valence-corrected chi connectivity index (χ1v) is 7.18. The summed E-state index contributed by atoms with van der Waals surface area (Å²) >= 11 is 1.81. The lowest BCUT2D eigenvalue weighted by Gasteiger charge is -2.06. The fraction of sp³-hybridized carbons (Fsp3) is 0.333. The van der Waals surface area contributed by atoms with E-state index in [1.54, 1.807) is 0 Å². The van der Waals surface area contributed by atoms with Gasteiger partial charge in [0.1, 0.15) is 5.75 Å². The fourth-order valence-electron chi connectivity index (χ4n) is 1.66. The molecular weight excluding hydrogens is 242 g/mol. The number of aryl methyl sites for hydroxylation is 1. The summed E-state index contributed by atoms with van der Waals surface area (Å²) in [7, 11) is 0. The van der Waals surface area contributed by atoms with Crippen LogP contribution in [0.1, 0.15) is 24.6 Å². The van der Waals surface area contributed by atoms with Crippen molar-refractivity contribution in [3.8, 4) is 16.2 Å². The van der Waals surface area contributed by atoms with Crippen LogP contribution in [-0.4, -0.2) is 6.54 Å². The summed E-state index contributed by atoms with van der Waals surface area (Å²) in [6.07, 6.45) is 2.31. The van der Waals surface area contributed by atoms with Crippen molar-refractivity contribution in [2.45, 2.75) is 26.7 Å². The lowest BCUT2D eigenvalue weighted by atomic mass is 10.2. The van der Waals surface area contributed by atoms with Crippen molar-refractivity contribution in [2.75, 3.05) is 6.54 Å². The molecule has 1 N–H and O–H groups in total. The highest BCUT2D eigenvalue weighted by molar-refractivity contribution is 7.15. The predicted molar refractivity (Wildman–Crippen MR) is 78.0 cm³/mol. The van der Waals surface area contributed by atoms with Gasteiger partial charge in [0.25, 0.3) is 0 Å². The van der Waals surface area contributed by atoms with Gasteiger partial charge >= 0.3 is 0 Å². The minimum absolute atomic E-state index is 0.864. The predicted octanol–water partition coefficient (Wildman–Crippen LogP) is 4.41. The molecule has 0 saturated carbocycles. The smallest absolute Gasteiger partial charge is 0.147 e. The molecule has 0 amide bonds. The highest BCUT2D eigenvalue weighted by atomic mass is 32.1. The van der Waals surface area contributed by atoms with Crippen molar-refractivity contribution in [3.05, 3.63) is 41.3 Å². The SMILES string of the molecule is CCCCNOc1ccc(-c2ccc(C)s2)cc1. The van der Waals surface area contributed by atoms with E-state index in [1.807, 2.05) is 23.5 Å². The molecule has 3 heteroatoms. The van der Waals surface area contributed by atoms with Gasteiger partial charge < -0.3 is 4.84 Å². The van der Waals surface area contributed by atoms with Crippen molar-refractivity contribution in [2.24, 2.45) is 0 Å². The fourth-order valence-corrected chi connectivity index (χ4v) is 2.53. The summed E-state index contributed by atoms with van der Waals surface area (Å²) in [5.74, 6) is 0.864. The molecule has 96 valence electrons. The van der Waals surface area contributed by atoms with Gasteiger partial charge in [-0.2, -0.15) is 5.48 Å². The first-order valence-electron chi connectivity index (χ1n) is 6.36. The Morgan fingerprint density at radius 3 is 2.50 bits per heavy atom. The summed E-state index contributed by atoms with van der Waals surface area (Å²) in [5, 5.41) is 0. The van der Waals surface area contributed by atoms with E-state index in [9.17, 15) is 0 Å². The highest BCUT2D eigenvalue weighted by Crippen LogP contribution is 2.28. The number of hydrogen-bond acceptors (Lipinski definition) is 3. The Balaban J connectivity index is 1.93. The number of hydrogen-bond donors (Lipinski definition) is 1. The maximum absolute atomic E-state index is 5.46. The minimum atomic E-state index is 0.864. The monoisotopic (exact) mass is 261 g/mol. The van der Waals surface area contributed by atoms with Crippen molar-refractivity contribution < 1.29 is 4.84 Å². The molecule has 0 aliphatic carbocycles. The maximum Gasteiger partial charge on any atom is 0.147 e. The number of nitrogens with one attached hydrogen (secondary N) is 1. The van der Waals surface area contributed by atoms with E-state index < -0.39 is 0 Å². The van der Waals surface area contributed by atoms with E-state index in [2.05, 4.69) is 43.6 Å². The lowest BCUT2D eigenvalue weighted by Crippen LogP contribution is -2.19. The Kier molecular flexibility index (Phi) is 4.79. The molecule has 0 atom stereocenters. The van der Waals surface area contributed by atoms with Crippen molar-refractivity contribution in [1.29, 1.82) is 0 Å². The molecule has 1 aromatic carbocycles. The average molecular weight is 261 g/mol. The molecule has 1 heterocycles. The molecule has 0 saturated heterocycles. The van der Waals surface area contributed by atoms with Gasteiger partial charge in [0, 0.05) is 16.3 Å². The molecule has 0 bridgehead atoms. The number of unbranched alkanes of at least 4 members (excludes halogenated alkanes) is 1. The van der Waals surface area contributed by atoms with Crippen LogP contribution in [0.3, 0.4) is 0 Å². The molecule has 2 aromatic rings. The van der Waals surface area contributed by atoms with Crippen LogP contribution in [0.4, 0.5) is 0 Å². The molecule has 0 aliphatic rings. The number of hydroxylamine groups is 1. The third kappa shape index (κ3) is 3.59. The standard InChI is InChI=1S/C15H19NOS/c1-3-4-11-16-17-14-8-6-13(7-9-14)15-10-5-12(2)18-15/h5-10,16H,3-4,11H2,1-2H3. The molecule has 0 radical (unpaired) electrons. The molecule has 2 nitrogen and oxygen atoms in total. The summed E-state index contributed by atoms with van der Waals surface area (Å²) in [6.45, 7) is 5.19. The zero-order chi connectivity index (χ0) is 12.8. The van der Waals surface area contributed by atoms with Crippen LogP contribution in [0.25, 0.3) is 10.4 Å². The molecule has 2 rings (SSSR count). The van der Waals surface area contributed by atoms with Gasteiger partial charge in [-0.3, -0.25) is 0 Å². The first kappa shape index (κ1) is 13.1. The summed E-state index contributed by atoms with van der Waals surface area (Å²) < 4.78 is 0. The van der Waals surface area contributed by atoms with Crippen molar-refractivity contribution in [1.82, 2.24) is 5.48 Å². The van der Waals surface area contributed by atoms with Crippen LogP contribution < -0.4 is 10.3 Å². The minimum Gasteiger partial charge on any atom is -0.409 e. The van der Waals surface area contributed by atoms with E-state index in [1.165, 1.54) is 21.7 Å². The maximum atomic E-state index is 5.46.